The van der Waals surface area contributed by atoms with Crippen molar-refractivity contribution in [1.82, 2.24) is 9.97 Å². The summed E-state index contributed by atoms with van der Waals surface area (Å²) in [6.07, 6.45) is 9.63. The molecular formula is C15H26N4O. The number of rotatable bonds is 6. The van der Waals surface area contributed by atoms with Crippen molar-refractivity contribution < 1.29 is 5.11 Å². The Balaban J connectivity index is 2.30. The molecule has 0 aliphatic heterocycles. The highest BCUT2D eigenvalue weighted by molar-refractivity contribution is 5.57. The number of aromatic nitrogens is 2. The van der Waals surface area contributed by atoms with Crippen LogP contribution in [-0.4, -0.2) is 34.3 Å². The quantitative estimate of drug-likeness (QED) is 0.834. The number of anilines is 2. The molecule has 1 heterocycles. The molecular weight excluding hydrogens is 252 g/mol. The fourth-order valence-electron chi connectivity index (χ4n) is 3.12. The molecule has 0 saturated heterocycles. The van der Waals surface area contributed by atoms with Crippen LogP contribution in [-0.2, 0) is 6.42 Å². The van der Waals surface area contributed by atoms with Crippen molar-refractivity contribution in [3.8, 4) is 0 Å². The van der Waals surface area contributed by atoms with Gasteiger partial charge in [0.2, 0.25) is 0 Å². The molecule has 0 spiro atoms. The average Bonchev–Trinajstić information content (AvgIpc) is 2.48. The van der Waals surface area contributed by atoms with Gasteiger partial charge in [-0.25, -0.2) is 9.97 Å². The monoisotopic (exact) mass is 278 g/mol. The maximum Gasteiger partial charge on any atom is 0.137 e. The summed E-state index contributed by atoms with van der Waals surface area (Å²) in [6.45, 7) is 2.90. The maximum absolute atomic E-state index is 9.40. The van der Waals surface area contributed by atoms with Crippen LogP contribution in [0, 0.1) is 0 Å². The van der Waals surface area contributed by atoms with Crippen molar-refractivity contribution in [1.29, 1.82) is 0 Å². The fraction of sp³-hybridized carbons (Fsp3) is 0.733. The molecule has 0 amide bonds. The van der Waals surface area contributed by atoms with Gasteiger partial charge in [-0.2, -0.15) is 0 Å². The zero-order valence-electron chi connectivity index (χ0n) is 12.4. The Kier molecular flexibility index (Phi) is 5.59. The first kappa shape index (κ1) is 15.0. The second kappa shape index (κ2) is 7.43. The fourth-order valence-corrected chi connectivity index (χ4v) is 3.12. The van der Waals surface area contributed by atoms with Crippen molar-refractivity contribution in [2.24, 2.45) is 0 Å². The summed E-state index contributed by atoms with van der Waals surface area (Å²) >= 11 is 0. The molecule has 5 heteroatoms. The van der Waals surface area contributed by atoms with Gasteiger partial charge in [0.05, 0.1) is 6.61 Å². The van der Waals surface area contributed by atoms with E-state index in [2.05, 4.69) is 21.8 Å². The van der Waals surface area contributed by atoms with Gasteiger partial charge in [0.1, 0.15) is 18.0 Å². The van der Waals surface area contributed by atoms with E-state index in [1.807, 2.05) is 0 Å². The van der Waals surface area contributed by atoms with E-state index in [-0.39, 0.29) is 6.61 Å². The van der Waals surface area contributed by atoms with Crippen molar-refractivity contribution in [2.75, 3.05) is 23.8 Å². The molecule has 1 fully saturated rings. The van der Waals surface area contributed by atoms with Crippen LogP contribution in [0.5, 0.6) is 0 Å². The predicted molar refractivity (Wildman–Crippen MR) is 81.7 cm³/mol. The van der Waals surface area contributed by atoms with Crippen molar-refractivity contribution in [2.45, 2.75) is 57.9 Å². The maximum atomic E-state index is 9.40. The molecule has 0 unspecified atom stereocenters. The zero-order chi connectivity index (χ0) is 14.4. The van der Waals surface area contributed by atoms with Crippen LogP contribution in [0.15, 0.2) is 6.33 Å². The number of nitrogen functional groups attached to an aromatic ring is 1. The summed E-state index contributed by atoms with van der Waals surface area (Å²) in [5.41, 5.74) is 7.07. The van der Waals surface area contributed by atoms with Gasteiger partial charge < -0.3 is 15.7 Å². The summed E-state index contributed by atoms with van der Waals surface area (Å²) in [5, 5.41) is 9.40. The number of hydrogen-bond donors (Lipinski definition) is 2. The molecule has 112 valence electrons. The summed E-state index contributed by atoms with van der Waals surface area (Å²) < 4.78 is 0. The molecule has 1 aromatic rings. The van der Waals surface area contributed by atoms with Crippen LogP contribution >= 0.6 is 0 Å². The molecule has 0 atom stereocenters. The Hall–Kier alpha value is -1.36. The first-order valence-electron chi connectivity index (χ1n) is 7.74. The van der Waals surface area contributed by atoms with E-state index < -0.39 is 0 Å². The number of nitrogens with zero attached hydrogens (tertiary/aromatic N) is 3. The van der Waals surface area contributed by atoms with Gasteiger partial charge in [-0.1, -0.05) is 32.6 Å². The minimum absolute atomic E-state index is 0.145. The van der Waals surface area contributed by atoms with Crippen molar-refractivity contribution in [3.63, 3.8) is 0 Å². The number of aliphatic hydroxyl groups excluding tert-OH is 1. The third-order valence-electron chi connectivity index (χ3n) is 4.08. The van der Waals surface area contributed by atoms with E-state index in [4.69, 9.17) is 5.73 Å². The molecule has 1 aromatic heterocycles. The second-order valence-corrected chi connectivity index (χ2v) is 5.52. The van der Waals surface area contributed by atoms with Gasteiger partial charge >= 0.3 is 0 Å². The summed E-state index contributed by atoms with van der Waals surface area (Å²) in [6, 6.07) is 0.473. The molecule has 0 bridgehead atoms. The third-order valence-corrected chi connectivity index (χ3v) is 4.08. The Bertz CT molecular complexity index is 418. The van der Waals surface area contributed by atoms with E-state index in [1.165, 1.54) is 38.4 Å². The lowest BCUT2D eigenvalue weighted by molar-refractivity contribution is 0.289. The molecule has 5 nitrogen and oxygen atoms in total. The van der Waals surface area contributed by atoms with Crippen LogP contribution < -0.4 is 10.6 Å². The van der Waals surface area contributed by atoms with E-state index >= 15 is 0 Å². The number of aliphatic hydroxyl groups is 1. The first-order chi connectivity index (χ1) is 9.77. The van der Waals surface area contributed by atoms with Gasteiger partial charge in [-0.3, -0.25) is 0 Å². The first-order valence-corrected chi connectivity index (χ1v) is 7.74. The highest BCUT2D eigenvalue weighted by Crippen LogP contribution is 2.30. The SMILES string of the molecule is CCCc1c(N)ncnc1N(CCO)C1CCCCC1. The van der Waals surface area contributed by atoms with Crippen molar-refractivity contribution >= 4 is 11.6 Å². The lowest BCUT2D eigenvalue weighted by Crippen LogP contribution is -2.40. The Morgan fingerprint density at radius 2 is 2.05 bits per heavy atom. The molecule has 2 rings (SSSR count). The van der Waals surface area contributed by atoms with E-state index in [0.717, 1.165) is 24.2 Å². The lowest BCUT2D eigenvalue weighted by Gasteiger charge is -2.36. The van der Waals surface area contributed by atoms with Gasteiger partial charge in [0.25, 0.3) is 0 Å². The Labute approximate surface area is 121 Å². The summed E-state index contributed by atoms with van der Waals surface area (Å²) in [4.78, 5) is 10.9. The summed E-state index contributed by atoms with van der Waals surface area (Å²) in [7, 11) is 0. The van der Waals surface area contributed by atoms with Crippen LogP contribution in [0.1, 0.15) is 51.0 Å². The normalized spacial score (nSPS) is 16.3. The van der Waals surface area contributed by atoms with E-state index in [9.17, 15) is 5.11 Å². The Morgan fingerprint density at radius 3 is 2.70 bits per heavy atom. The van der Waals surface area contributed by atoms with Gasteiger partial charge in [0.15, 0.2) is 0 Å². The Morgan fingerprint density at radius 1 is 1.30 bits per heavy atom. The zero-order valence-corrected chi connectivity index (χ0v) is 12.4. The van der Waals surface area contributed by atoms with Crippen LogP contribution in [0.25, 0.3) is 0 Å². The molecule has 1 saturated carbocycles. The van der Waals surface area contributed by atoms with Crippen LogP contribution in [0.4, 0.5) is 11.6 Å². The predicted octanol–water partition coefficient (Wildman–Crippen LogP) is 2.14. The minimum Gasteiger partial charge on any atom is -0.395 e. The third kappa shape index (κ3) is 3.39. The number of hydrogen-bond acceptors (Lipinski definition) is 5. The lowest BCUT2D eigenvalue weighted by atomic mass is 9.93. The highest BCUT2D eigenvalue weighted by Gasteiger charge is 2.24. The summed E-state index contributed by atoms with van der Waals surface area (Å²) in [5.74, 6) is 1.51. The van der Waals surface area contributed by atoms with Crippen molar-refractivity contribution in [3.05, 3.63) is 11.9 Å². The van der Waals surface area contributed by atoms with Gasteiger partial charge in [-0.05, 0) is 19.3 Å². The van der Waals surface area contributed by atoms with E-state index in [1.54, 1.807) is 0 Å². The van der Waals surface area contributed by atoms with E-state index in [0.29, 0.717) is 18.4 Å². The van der Waals surface area contributed by atoms with Crippen LogP contribution in [0.2, 0.25) is 0 Å². The average molecular weight is 278 g/mol. The highest BCUT2D eigenvalue weighted by atomic mass is 16.3. The topological polar surface area (TPSA) is 75.3 Å². The number of nitrogens with two attached hydrogens (primary N) is 1. The molecule has 1 aliphatic carbocycles. The molecule has 1 aliphatic rings. The molecule has 0 aromatic carbocycles. The second-order valence-electron chi connectivity index (χ2n) is 5.52. The standard InChI is InChI=1S/C15H26N4O/c1-2-6-13-14(16)17-11-18-15(13)19(9-10-20)12-7-4-3-5-8-12/h11-12,20H,2-10H2,1H3,(H2,16,17,18). The largest absolute Gasteiger partial charge is 0.395 e. The van der Waals surface area contributed by atoms with Crippen LogP contribution in [0.3, 0.4) is 0 Å². The molecule has 20 heavy (non-hydrogen) atoms. The van der Waals surface area contributed by atoms with Gasteiger partial charge in [-0.15, -0.1) is 0 Å². The molecule has 3 N–H and O–H groups in total. The molecule has 0 radical (unpaired) electrons. The van der Waals surface area contributed by atoms with Gasteiger partial charge in [0, 0.05) is 18.2 Å². The smallest absolute Gasteiger partial charge is 0.137 e. The minimum atomic E-state index is 0.145.